The smallest absolute Gasteiger partial charge is 0.0588 e. The Morgan fingerprint density at radius 2 is 1.44 bits per heavy atom. The van der Waals surface area contributed by atoms with E-state index in [0.29, 0.717) is 14.9 Å². The first kappa shape index (κ1) is 14.8. The number of thioether (sulfide) groups is 2. The van der Waals surface area contributed by atoms with Crippen LogP contribution in [0.15, 0.2) is 0 Å². The summed E-state index contributed by atoms with van der Waals surface area (Å²) in [6.07, 6.45) is 1.31. The average Bonchev–Trinajstić information content (AvgIpc) is 1.98. The van der Waals surface area contributed by atoms with Crippen molar-refractivity contribution in [3.63, 3.8) is 0 Å². The molecule has 0 radical (unpaired) electrons. The second-order valence-electron chi connectivity index (χ2n) is 7.56. The van der Waals surface area contributed by atoms with Gasteiger partial charge in [-0.15, -0.1) is 23.5 Å². The zero-order valence-electron chi connectivity index (χ0n) is 12.0. The second kappa shape index (κ2) is 4.76. The van der Waals surface area contributed by atoms with Gasteiger partial charge in [0.15, 0.2) is 0 Å². The lowest BCUT2D eigenvalue weighted by Crippen LogP contribution is -2.35. The molecule has 0 bridgehead atoms. The molecule has 1 heterocycles. The molecular formula is C14H28S2. The monoisotopic (exact) mass is 260 g/mol. The number of hydrogen-bond donors (Lipinski definition) is 0. The summed E-state index contributed by atoms with van der Waals surface area (Å²) in [6.45, 7) is 16.6. The molecule has 0 amide bonds. The highest BCUT2D eigenvalue weighted by molar-refractivity contribution is 8.18. The molecule has 0 spiro atoms. The molecule has 0 unspecified atom stereocenters. The summed E-state index contributed by atoms with van der Waals surface area (Å²) in [5.41, 5.74) is 0.923. The molecule has 0 aliphatic carbocycles. The normalized spacial score (nSPS) is 32.8. The van der Waals surface area contributed by atoms with Crippen LogP contribution >= 0.6 is 23.5 Å². The first-order chi connectivity index (χ1) is 7.02. The SMILES string of the molecule is CC(C)(C)CC1(C)SCC(C(C)(C)C)CS1. The van der Waals surface area contributed by atoms with Gasteiger partial charge in [0.25, 0.3) is 0 Å². The van der Waals surface area contributed by atoms with Crippen molar-refractivity contribution in [2.24, 2.45) is 16.7 Å². The van der Waals surface area contributed by atoms with Gasteiger partial charge in [0.05, 0.1) is 4.08 Å². The molecule has 1 rings (SSSR count). The molecule has 0 aromatic rings. The van der Waals surface area contributed by atoms with Crippen LogP contribution in [0.3, 0.4) is 0 Å². The van der Waals surface area contributed by atoms with E-state index in [0.717, 1.165) is 5.92 Å². The van der Waals surface area contributed by atoms with E-state index in [4.69, 9.17) is 0 Å². The average molecular weight is 261 g/mol. The van der Waals surface area contributed by atoms with Crippen LogP contribution in [-0.4, -0.2) is 15.6 Å². The minimum Gasteiger partial charge on any atom is -0.144 e. The third kappa shape index (κ3) is 4.52. The quantitative estimate of drug-likeness (QED) is 0.629. The van der Waals surface area contributed by atoms with Crippen LogP contribution in [0.25, 0.3) is 0 Å². The van der Waals surface area contributed by atoms with Gasteiger partial charge in [0, 0.05) is 0 Å². The Morgan fingerprint density at radius 1 is 1.00 bits per heavy atom. The van der Waals surface area contributed by atoms with Crippen LogP contribution in [0.2, 0.25) is 0 Å². The van der Waals surface area contributed by atoms with Gasteiger partial charge in [0.1, 0.15) is 0 Å². The summed E-state index contributed by atoms with van der Waals surface area (Å²) in [5.74, 6) is 3.54. The van der Waals surface area contributed by atoms with E-state index < -0.39 is 0 Å². The van der Waals surface area contributed by atoms with E-state index in [1.165, 1.54) is 17.9 Å². The Balaban J connectivity index is 2.54. The largest absolute Gasteiger partial charge is 0.144 e. The van der Waals surface area contributed by atoms with Crippen molar-refractivity contribution in [1.82, 2.24) is 0 Å². The molecule has 2 heteroatoms. The highest BCUT2D eigenvalue weighted by Gasteiger charge is 2.38. The predicted molar refractivity (Wildman–Crippen MR) is 80.3 cm³/mol. The lowest BCUT2D eigenvalue weighted by molar-refractivity contribution is 0.289. The Bertz CT molecular complexity index is 224. The van der Waals surface area contributed by atoms with Gasteiger partial charge in [0.2, 0.25) is 0 Å². The zero-order valence-corrected chi connectivity index (χ0v) is 13.6. The first-order valence-corrected chi connectivity index (χ1v) is 8.27. The molecule has 0 nitrogen and oxygen atoms in total. The van der Waals surface area contributed by atoms with Crippen molar-refractivity contribution >= 4 is 23.5 Å². The van der Waals surface area contributed by atoms with Gasteiger partial charge in [-0.1, -0.05) is 41.5 Å². The molecule has 1 aliphatic heterocycles. The molecule has 0 N–H and O–H groups in total. The van der Waals surface area contributed by atoms with Crippen molar-refractivity contribution in [3.05, 3.63) is 0 Å². The van der Waals surface area contributed by atoms with Crippen LogP contribution in [-0.2, 0) is 0 Å². The Labute approximate surface area is 111 Å². The summed E-state index contributed by atoms with van der Waals surface area (Å²) < 4.78 is 0.444. The van der Waals surface area contributed by atoms with Gasteiger partial charge in [-0.25, -0.2) is 0 Å². The molecule has 1 saturated heterocycles. The summed E-state index contributed by atoms with van der Waals surface area (Å²) in [4.78, 5) is 0. The predicted octanol–water partition coefficient (Wildman–Crippen LogP) is 5.28. The van der Waals surface area contributed by atoms with E-state index >= 15 is 0 Å². The highest BCUT2D eigenvalue weighted by Crippen LogP contribution is 2.52. The maximum absolute atomic E-state index is 2.44. The molecule has 16 heavy (non-hydrogen) atoms. The highest BCUT2D eigenvalue weighted by atomic mass is 32.2. The zero-order chi connectivity index (χ0) is 12.6. The number of rotatable bonds is 1. The van der Waals surface area contributed by atoms with Crippen LogP contribution in [0.5, 0.6) is 0 Å². The van der Waals surface area contributed by atoms with E-state index in [1.807, 2.05) is 0 Å². The van der Waals surface area contributed by atoms with Crippen LogP contribution in [0.1, 0.15) is 54.9 Å². The first-order valence-electron chi connectivity index (χ1n) is 6.30. The fourth-order valence-corrected chi connectivity index (χ4v) is 6.51. The summed E-state index contributed by atoms with van der Waals surface area (Å²) in [6, 6.07) is 0. The topological polar surface area (TPSA) is 0 Å². The third-order valence-electron chi connectivity index (χ3n) is 3.26. The third-order valence-corrected chi connectivity index (χ3v) is 6.61. The summed E-state index contributed by atoms with van der Waals surface area (Å²) in [5, 5.41) is 0. The Morgan fingerprint density at radius 3 is 1.75 bits per heavy atom. The fraction of sp³-hybridized carbons (Fsp3) is 1.00. The van der Waals surface area contributed by atoms with Crippen molar-refractivity contribution in [2.45, 2.75) is 59.0 Å². The van der Waals surface area contributed by atoms with Crippen molar-refractivity contribution in [2.75, 3.05) is 11.5 Å². The minimum absolute atomic E-state index is 0.444. The molecule has 96 valence electrons. The summed E-state index contributed by atoms with van der Waals surface area (Å²) >= 11 is 4.38. The van der Waals surface area contributed by atoms with Gasteiger partial charge >= 0.3 is 0 Å². The Hall–Kier alpha value is 0.700. The molecule has 0 saturated carbocycles. The van der Waals surface area contributed by atoms with E-state index in [1.54, 1.807) is 0 Å². The minimum atomic E-state index is 0.444. The van der Waals surface area contributed by atoms with Crippen LogP contribution in [0, 0.1) is 16.7 Å². The van der Waals surface area contributed by atoms with E-state index in [2.05, 4.69) is 72.0 Å². The number of hydrogen-bond acceptors (Lipinski definition) is 2. The molecule has 0 atom stereocenters. The lowest BCUT2D eigenvalue weighted by Gasteiger charge is -2.43. The summed E-state index contributed by atoms with van der Waals surface area (Å²) in [7, 11) is 0. The van der Waals surface area contributed by atoms with E-state index in [-0.39, 0.29) is 0 Å². The van der Waals surface area contributed by atoms with Gasteiger partial charge in [-0.2, -0.15) is 0 Å². The van der Waals surface area contributed by atoms with Gasteiger partial charge in [-0.05, 0) is 41.6 Å². The van der Waals surface area contributed by atoms with Gasteiger partial charge in [-0.3, -0.25) is 0 Å². The van der Waals surface area contributed by atoms with Crippen LogP contribution in [0.4, 0.5) is 0 Å². The second-order valence-corrected chi connectivity index (χ2v) is 10.9. The van der Waals surface area contributed by atoms with Crippen molar-refractivity contribution in [1.29, 1.82) is 0 Å². The molecule has 0 aromatic carbocycles. The molecular weight excluding hydrogens is 232 g/mol. The van der Waals surface area contributed by atoms with Crippen molar-refractivity contribution < 1.29 is 0 Å². The van der Waals surface area contributed by atoms with E-state index in [9.17, 15) is 0 Å². The standard InChI is InChI=1S/C14H28S2/c1-12(2,3)10-14(7)15-8-11(9-16-14)13(4,5)6/h11H,8-10H2,1-7H3. The van der Waals surface area contributed by atoms with Crippen LogP contribution < -0.4 is 0 Å². The van der Waals surface area contributed by atoms with Crippen molar-refractivity contribution in [3.8, 4) is 0 Å². The Kier molecular flexibility index (Phi) is 4.39. The lowest BCUT2D eigenvalue weighted by atomic mass is 9.83. The molecule has 1 aliphatic rings. The fourth-order valence-electron chi connectivity index (χ4n) is 2.21. The maximum Gasteiger partial charge on any atom is 0.0588 e. The maximum atomic E-state index is 2.44. The molecule has 1 fully saturated rings. The molecule has 0 aromatic heterocycles. The van der Waals surface area contributed by atoms with Gasteiger partial charge < -0.3 is 0 Å².